The Morgan fingerprint density at radius 3 is 2.61 bits per heavy atom. The predicted molar refractivity (Wildman–Crippen MR) is 124 cm³/mol. The summed E-state index contributed by atoms with van der Waals surface area (Å²) in [6.45, 7) is 3.03. The second-order valence-electron chi connectivity index (χ2n) is 7.28. The fraction of sp³-hybridized carbons (Fsp3) is 0.227. The first-order valence-electron chi connectivity index (χ1n) is 10.2. The number of amides is 1. The van der Waals surface area contributed by atoms with Crippen molar-refractivity contribution in [2.75, 3.05) is 26.3 Å². The van der Waals surface area contributed by atoms with Crippen molar-refractivity contribution in [3.8, 4) is 5.69 Å². The molecule has 33 heavy (non-hydrogen) atoms. The molecule has 0 atom stereocenters. The Kier molecular flexibility index (Phi) is 6.89. The van der Waals surface area contributed by atoms with Crippen LogP contribution in [-0.4, -0.2) is 60.9 Å². The first kappa shape index (κ1) is 23.1. The molecule has 1 N–H and O–H groups in total. The van der Waals surface area contributed by atoms with E-state index in [1.165, 1.54) is 34.8 Å². The normalized spacial score (nSPS) is 15.1. The molecule has 0 unspecified atom stereocenters. The van der Waals surface area contributed by atoms with Crippen molar-refractivity contribution in [3.05, 3.63) is 76.6 Å². The molecule has 1 saturated heterocycles. The molecular formula is C22H22ClN5O4S. The fourth-order valence-electron chi connectivity index (χ4n) is 3.35. The van der Waals surface area contributed by atoms with E-state index in [0.29, 0.717) is 29.6 Å². The van der Waals surface area contributed by atoms with Gasteiger partial charge in [0.1, 0.15) is 5.15 Å². The van der Waals surface area contributed by atoms with Crippen molar-refractivity contribution in [3.63, 3.8) is 0 Å². The molecule has 4 rings (SSSR count). The molecule has 0 radical (unpaired) electrons. The number of carbonyl (C=O) groups excluding carboxylic acids is 1. The van der Waals surface area contributed by atoms with Gasteiger partial charge in [-0.1, -0.05) is 35.9 Å². The average molecular weight is 488 g/mol. The molecule has 172 valence electrons. The number of hydrazone groups is 1. The second kappa shape index (κ2) is 9.84. The van der Waals surface area contributed by atoms with E-state index in [4.69, 9.17) is 16.3 Å². The number of nitrogens with zero attached hydrogens (tertiary/aromatic N) is 4. The highest BCUT2D eigenvalue weighted by atomic mass is 35.5. The van der Waals surface area contributed by atoms with Gasteiger partial charge in [0.2, 0.25) is 10.0 Å². The van der Waals surface area contributed by atoms with Crippen LogP contribution in [0.15, 0.2) is 64.6 Å². The van der Waals surface area contributed by atoms with Crippen molar-refractivity contribution in [1.82, 2.24) is 19.5 Å². The number of ether oxygens (including phenoxy) is 1. The topological polar surface area (TPSA) is 106 Å². The van der Waals surface area contributed by atoms with Crippen LogP contribution in [0.25, 0.3) is 5.69 Å². The quantitative estimate of drug-likeness (QED) is 0.425. The minimum Gasteiger partial charge on any atom is -0.379 e. The first-order valence-corrected chi connectivity index (χ1v) is 12.0. The Labute approximate surface area is 196 Å². The molecule has 0 aliphatic carbocycles. The highest BCUT2D eigenvalue weighted by Gasteiger charge is 2.26. The summed E-state index contributed by atoms with van der Waals surface area (Å²) in [5.74, 6) is -0.547. The third-order valence-electron chi connectivity index (χ3n) is 5.11. The zero-order valence-corrected chi connectivity index (χ0v) is 19.4. The lowest BCUT2D eigenvalue weighted by Crippen LogP contribution is -2.40. The lowest BCUT2D eigenvalue weighted by atomic mass is 10.2. The number of sulfonamides is 1. The third-order valence-corrected chi connectivity index (χ3v) is 7.37. The van der Waals surface area contributed by atoms with Crippen LogP contribution in [0.2, 0.25) is 5.15 Å². The second-order valence-corrected chi connectivity index (χ2v) is 9.58. The molecule has 1 aliphatic rings. The van der Waals surface area contributed by atoms with Crippen molar-refractivity contribution >= 4 is 33.7 Å². The van der Waals surface area contributed by atoms with E-state index in [-0.39, 0.29) is 23.5 Å². The first-order chi connectivity index (χ1) is 15.9. The van der Waals surface area contributed by atoms with Gasteiger partial charge in [-0.15, -0.1) is 0 Å². The maximum Gasteiger partial charge on any atom is 0.271 e. The van der Waals surface area contributed by atoms with Crippen molar-refractivity contribution in [2.24, 2.45) is 5.10 Å². The zero-order chi connectivity index (χ0) is 23.4. The Morgan fingerprint density at radius 1 is 1.15 bits per heavy atom. The average Bonchev–Trinajstić information content (AvgIpc) is 3.13. The van der Waals surface area contributed by atoms with Gasteiger partial charge >= 0.3 is 0 Å². The van der Waals surface area contributed by atoms with Crippen LogP contribution in [0.3, 0.4) is 0 Å². The van der Waals surface area contributed by atoms with E-state index >= 15 is 0 Å². The number of hydrogen-bond donors (Lipinski definition) is 1. The molecule has 0 spiro atoms. The summed E-state index contributed by atoms with van der Waals surface area (Å²) in [5, 5.41) is 8.77. The van der Waals surface area contributed by atoms with Gasteiger partial charge < -0.3 is 4.74 Å². The van der Waals surface area contributed by atoms with Crippen LogP contribution in [0.5, 0.6) is 0 Å². The Hall–Kier alpha value is -3.05. The van der Waals surface area contributed by atoms with Crippen LogP contribution in [0, 0.1) is 6.92 Å². The molecule has 1 fully saturated rings. The summed E-state index contributed by atoms with van der Waals surface area (Å²) in [5.41, 5.74) is 4.58. The maximum absolute atomic E-state index is 12.8. The molecule has 1 aromatic heterocycles. The van der Waals surface area contributed by atoms with Gasteiger partial charge in [0.15, 0.2) is 0 Å². The van der Waals surface area contributed by atoms with E-state index in [9.17, 15) is 13.2 Å². The lowest BCUT2D eigenvalue weighted by Gasteiger charge is -2.26. The van der Waals surface area contributed by atoms with Gasteiger partial charge in [-0.05, 0) is 37.3 Å². The Bertz CT molecular complexity index is 1290. The third kappa shape index (κ3) is 4.98. The predicted octanol–water partition coefficient (Wildman–Crippen LogP) is 2.62. The molecule has 0 bridgehead atoms. The molecule has 2 heterocycles. The standard InChI is InChI=1S/C22H22ClN5O4S/c1-16-20(21(23)28(26-16)18-7-3-2-4-8-18)15-24-25-22(29)17-6-5-9-19(14-17)33(30,31)27-10-12-32-13-11-27/h2-9,14-15H,10-13H2,1H3,(H,25,29)/b24-15+. The number of morpholine rings is 1. The summed E-state index contributed by atoms with van der Waals surface area (Å²) in [6, 6.07) is 15.2. The van der Waals surface area contributed by atoms with Gasteiger partial charge in [0, 0.05) is 18.7 Å². The summed E-state index contributed by atoms with van der Waals surface area (Å²) < 4.78 is 33.8. The van der Waals surface area contributed by atoms with Gasteiger partial charge in [-0.2, -0.15) is 14.5 Å². The minimum atomic E-state index is -3.71. The summed E-state index contributed by atoms with van der Waals surface area (Å²) in [4.78, 5) is 12.6. The fourth-order valence-corrected chi connectivity index (χ4v) is 5.13. The van der Waals surface area contributed by atoms with Gasteiger partial charge in [-0.3, -0.25) is 4.79 Å². The SMILES string of the molecule is Cc1nn(-c2ccccc2)c(Cl)c1/C=N/NC(=O)c1cccc(S(=O)(=O)N2CCOCC2)c1. The van der Waals surface area contributed by atoms with E-state index in [0.717, 1.165) is 5.69 Å². The van der Waals surface area contributed by atoms with Gasteiger partial charge in [0.05, 0.1) is 41.3 Å². The van der Waals surface area contributed by atoms with Crippen LogP contribution in [-0.2, 0) is 14.8 Å². The zero-order valence-electron chi connectivity index (χ0n) is 17.8. The number of carbonyl (C=O) groups is 1. The molecule has 9 nitrogen and oxygen atoms in total. The van der Waals surface area contributed by atoms with E-state index in [2.05, 4.69) is 15.6 Å². The van der Waals surface area contributed by atoms with E-state index < -0.39 is 15.9 Å². The lowest BCUT2D eigenvalue weighted by molar-refractivity contribution is 0.0730. The highest BCUT2D eigenvalue weighted by molar-refractivity contribution is 7.89. The monoisotopic (exact) mass is 487 g/mol. The van der Waals surface area contributed by atoms with Crippen LogP contribution >= 0.6 is 11.6 Å². The van der Waals surface area contributed by atoms with Gasteiger partial charge in [-0.25, -0.2) is 18.5 Å². The molecule has 11 heteroatoms. The molecular weight excluding hydrogens is 466 g/mol. The van der Waals surface area contributed by atoms with E-state index in [1.54, 1.807) is 11.6 Å². The highest BCUT2D eigenvalue weighted by Crippen LogP contribution is 2.22. The number of rotatable bonds is 6. The smallest absolute Gasteiger partial charge is 0.271 e. The van der Waals surface area contributed by atoms with Crippen LogP contribution in [0.4, 0.5) is 0 Å². The largest absolute Gasteiger partial charge is 0.379 e. The van der Waals surface area contributed by atoms with Crippen LogP contribution < -0.4 is 5.43 Å². The molecule has 2 aromatic carbocycles. The number of halogens is 1. The molecule has 1 aliphatic heterocycles. The Balaban J connectivity index is 1.49. The molecule has 1 amide bonds. The van der Waals surface area contributed by atoms with Gasteiger partial charge in [0.25, 0.3) is 5.91 Å². The number of nitrogens with one attached hydrogen (secondary N) is 1. The summed E-state index contributed by atoms with van der Waals surface area (Å²) in [6.07, 6.45) is 1.41. The maximum atomic E-state index is 12.8. The summed E-state index contributed by atoms with van der Waals surface area (Å²) >= 11 is 6.46. The molecule has 3 aromatic rings. The Morgan fingerprint density at radius 2 is 1.88 bits per heavy atom. The molecule has 0 saturated carbocycles. The van der Waals surface area contributed by atoms with Crippen molar-refractivity contribution in [2.45, 2.75) is 11.8 Å². The van der Waals surface area contributed by atoms with Crippen molar-refractivity contribution < 1.29 is 17.9 Å². The number of para-hydroxylation sites is 1. The number of hydrogen-bond acceptors (Lipinski definition) is 6. The summed E-state index contributed by atoms with van der Waals surface area (Å²) in [7, 11) is -3.71. The number of benzene rings is 2. The van der Waals surface area contributed by atoms with Crippen LogP contribution in [0.1, 0.15) is 21.6 Å². The minimum absolute atomic E-state index is 0.0454. The van der Waals surface area contributed by atoms with E-state index in [1.807, 2.05) is 30.3 Å². The number of aromatic nitrogens is 2. The van der Waals surface area contributed by atoms with Crippen molar-refractivity contribution in [1.29, 1.82) is 0 Å². The number of aryl methyl sites for hydroxylation is 1.